The molecule has 0 bridgehead atoms. The van der Waals surface area contributed by atoms with Gasteiger partial charge < -0.3 is 0 Å². The average molecular weight is 289 g/mol. The van der Waals surface area contributed by atoms with Crippen LogP contribution in [0.2, 0.25) is 10.0 Å². The van der Waals surface area contributed by atoms with Gasteiger partial charge in [-0.15, -0.1) is 0 Å². The van der Waals surface area contributed by atoms with Crippen LogP contribution in [-0.2, 0) is 11.3 Å². The summed E-state index contributed by atoms with van der Waals surface area (Å²) in [6.07, 6.45) is 0.730. The van der Waals surface area contributed by atoms with Crippen molar-refractivity contribution < 1.29 is 4.79 Å². The Morgan fingerprint density at radius 2 is 2.00 bits per heavy atom. The van der Waals surface area contributed by atoms with E-state index < -0.39 is 5.41 Å². The molecule has 0 aromatic heterocycles. The quantitative estimate of drug-likeness (QED) is 0.522. The molecule has 1 rings (SSSR count). The molecule has 0 fully saturated rings. The van der Waals surface area contributed by atoms with E-state index in [-0.39, 0.29) is 12.5 Å². The molecular weight excluding hydrogens is 271 g/mol. The Morgan fingerprint density at radius 1 is 1.39 bits per heavy atom. The number of nitrogens with zero attached hydrogens (tertiary/aromatic N) is 1. The van der Waals surface area contributed by atoms with Crippen LogP contribution in [0.3, 0.4) is 0 Å². The number of benzene rings is 1. The number of carbonyl (C=O) groups excluding carboxylic acids is 1. The summed E-state index contributed by atoms with van der Waals surface area (Å²) in [5, 5.41) is 2.28. The fraction of sp³-hybridized carbons (Fsp3) is 0.462. The second-order valence-corrected chi connectivity index (χ2v) is 5.75. The van der Waals surface area contributed by atoms with Crippen LogP contribution in [0.5, 0.6) is 0 Å². The third-order valence-electron chi connectivity index (χ3n) is 3.08. The highest BCUT2D eigenvalue weighted by atomic mass is 35.5. The Balaban J connectivity index is 2.82. The van der Waals surface area contributed by atoms with Gasteiger partial charge in [0.05, 0.1) is 6.54 Å². The summed E-state index contributed by atoms with van der Waals surface area (Å²) in [6, 6.07) is 5.14. The van der Waals surface area contributed by atoms with Gasteiger partial charge in [0.1, 0.15) is 0 Å². The molecule has 0 aliphatic heterocycles. The minimum absolute atomic E-state index is 0.101. The van der Waals surface area contributed by atoms with Crippen LogP contribution in [-0.4, -0.2) is 10.9 Å². The third kappa shape index (κ3) is 3.61. The molecule has 0 heterocycles. The maximum Gasteiger partial charge on any atom is 0.242 e. The van der Waals surface area contributed by atoms with E-state index >= 15 is 0 Å². The van der Waals surface area contributed by atoms with E-state index in [0.717, 1.165) is 12.0 Å². The van der Waals surface area contributed by atoms with Gasteiger partial charge in [0.2, 0.25) is 5.91 Å². The molecule has 0 spiro atoms. The minimum Gasteiger partial charge on any atom is -0.276 e. The second-order valence-electron chi connectivity index (χ2n) is 4.91. The molecule has 0 atom stereocenters. The third-order valence-corrected chi connectivity index (χ3v) is 3.67. The zero-order chi connectivity index (χ0) is 13.9. The van der Waals surface area contributed by atoms with Crippen LogP contribution < -0.4 is 5.84 Å². The molecule has 0 aliphatic rings. The van der Waals surface area contributed by atoms with Crippen molar-refractivity contribution in [3.05, 3.63) is 33.8 Å². The molecule has 18 heavy (non-hydrogen) atoms. The van der Waals surface area contributed by atoms with Crippen LogP contribution in [0.15, 0.2) is 18.2 Å². The summed E-state index contributed by atoms with van der Waals surface area (Å²) in [4.78, 5) is 12.1. The highest BCUT2D eigenvalue weighted by Gasteiger charge is 2.29. The number of carbonyl (C=O) groups is 1. The molecule has 1 aromatic rings. The van der Waals surface area contributed by atoms with Crippen molar-refractivity contribution in [2.24, 2.45) is 11.3 Å². The predicted octanol–water partition coefficient (Wildman–Crippen LogP) is 3.63. The summed E-state index contributed by atoms with van der Waals surface area (Å²) in [7, 11) is 0. The molecule has 0 radical (unpaired) electrons. The maximum atomic E-state index is 12.1. The first-order valence-corrected chi connectivity index (χ1v) is 6.54. The van der Waals surface area contributed by atoms with Gasteiger partial charge in [-0.2, -0.15) is 0 Å². The van der Waals surface area contributed by atoms with Crippen molar-refractivity contribution in [1.29, 1.82) is 0 Å². The molecule has 1 aromatic carbocycles. The lowest BCUT2D eigenvalue weighted by Gasteiger charge is -2.28. The summed E-state index contributed by atoms with van der Waals surface area (Å²) >= 11 is 11.9. The van der Waals surface area contributed by atoms with Crippen LogP contribution in [0.1, 0.15) is 32.8 Å². The Bertz CT molecular complexity index is 447. The van der Waals surface area contributed by atoms with E-state index in [1.807, 2.05) is 20.8 Å². The van der Waals surface area contributed by atoms with Crippen molar-refractivity contribution in [3.8, 4) is 0 Å². The van der Waals surface area contributed by atoms with E-state index in [1.165, 1.54) is 5.01 Å². The Hall–Kier alpha value is -0.770. The van der Waals surface area contributed by atoms with E-state index in [1.54, 1.807) is 18.2 Å². The SMILES string of the molecule is CCC(C)(C)C(=O)N(N)Cc1ccc(Cl)cc1Cl. The first kappa shape index (κ1) is 15.3. The van der Waals surface area contributed by atoms with Crippen LogP contribution >= 0.6 is 23.2 Å². The summed E-state index contributed by atoms with van der Waals surface area (Å²) in [5.41, 5.74) is 0.317. The van der Waals surface area contributed by atoms with Crippen molar-refractivity contribution in [3.63, 3.8) is 0 Å². The van der Waals surface area contributed by atoms with E-state index in [9.17, 15) is 4.79 Å². The van der Waals surface area contributed by atoms with Gasteiger partial charge in [0.15, 0.2) is 0 Å². The van der Waals surface area contributed by atoms with Gasteiger partial charge in [0.25, 0.3) is 0 Å². The number of hydrogen-bond donors (Lipinski definition) is 1. The van der Waals surface area contributed by atoms with Gasteiger partial charge in [0, 0.05) is 15.5 Å². The molecule has 5 heteroatoms. The lowest BCUT2D eigenvalue weighted by Crippen LogP contribution is -2.44. The fourth-order valence-corrected chi connectivity index (χ4v) is 1.91. The van der Waals surface area contributed by atoms with Gasteiger partial charge in [-0.3, -0.25) is 9.80 Å². The van der Waals surface area contributed by atoms with Crippen LogP contribution in [0, 0.1) is 5.41 Å². The van der Waals surface area contributed by atoms with Crippen molar-refractivity contribution in [2.75, 3.05) is 0 Å². The zero-order valence-electron chi connectivity index (χ0n) is 10.8. The molecular formula is C13H18Cl2N2O. The van der Waals surface area contributed by atoms with Gasteiger partial charge in [-0.25, -0.2) is 5.84 Å². The van der Waals surface area contributed by atoms with E-state index in [4.69, 9.17) is 29.0 Å². The number of halogens is 2. The molecule has 0 saturated carbocycles. The first-order chi connectivity index (χ1) is 8.27. The average Bonchev–Trinajstić information content (AvgIpc) is 2.31. The summed E-state index contributed by atoms with van der Waals surface area (Å²) in [6.45, 7) is 5.98. The number of amides is 1. The van der Waals surface area contributed by atoms with Gasteiger partial charge >= 0.3 is 0 Å². The molecule has 100 valence electrons. The zero-order valence-corrected chi connectivity index (χ0v) is 12.3. The number of rotatable bonds is 4. The van der Waals surface area contributed by atoms with Crippen molar-refractivity contribution >= 4 is 29.1 Å². The molecule has 0 aliphatic carbocycles. The molecule has 0 saturated heterocycles. The molecule has 0 unspecified atom stereocenters. The number of hydrogen-bond acceptors (Lipinski definition) is 2. The van der Waals surface area contributed by atoms with Crippen molar-refractivity contribution in [2.45, 2.75) is 33.7 Å². The Labute approximate surface area is 118 Å². The summed E-state index contributed by atoms with van der Waals surface area (Å²) < 4.78 is 0. The summed E-state index contributed by atoms with van der Waals surface area (Å²) in [5.74, 6) is 5.71. The standard InChI is InChI=1S/C13H18Cl2N2O/c1-4-13(2,3)12(18)17(16)8-9-5-6-10(14)7-11(9)15/h5-7H,4,8,16H2,1-3H3. The minimum atomic E-state index is -0.465. The first-order valence-electron chi connectivity index (χ1n) is 5.78. The van der Waals surface area contributed by atoms with Crippen LogP contribution in [0.25, 0.3) is 0 Å². The van der Waals surface area contributed by atoms with Crippen LogP contribution in [0.4, 0.5) is 0 Å². The highest BCUT2D eigenvalue weighted by Crippen LogP contribution is 2.25. The number of hydrazine groups is 1. The molecule has 2 N–H and O–H groups in total. The normalized spacial score (nSPS) is 11.4. The number of nitrogens with two attached hydrogens (primary N) is 1. The maximum absolute atomic E-state index is 12.1. The van der Waals surface area contributed by atoms with Gasteiger partial charge in [-0.05, 0) is 24.1 Å². The van der Waals surface area contributed by atoms with Gasteiger partial charge in [-0.1, -0.05) is 50.0 Å². The highest BCUT2D eigenvalue weighted by molar-refractivity contribution is 6.35. The Kier molecular flexibility index (Phi) is 5.02. The van der Waals surface area contributed by atoms with Crippen molar-refractivity contribution in [1.82, 2.24) is 5.01 Å². The topological polar surface area (TPSA) is 46.3 Å². The lowest BCUT2D eigenvalue weighted by atomic mass is 9.89. The predicted molar refractivity (Wildman–Crippen MR) is 75.3 cm³/mol. The molecule has 3 nitrogen and oxygen atoms in total. The smallest absolute Gasteiger partial charge is 0.242 e. The van der Waals surface area contributed by atoms with E-state index in [0.29, 0.717) is 10.0 Å². The largest absolute Gasteiger partial charge is 0.276 e. The molecule has 1 amide bonds. The monoisotopic (exact) mass is 288 g/mol. The second kappa shape index (κ2) is 5.91. The lowest BCUT2D eigenvalue weighted by molar-refractivity contribution is -0.141. The Morgan fingerprint density at radius 3 is 2.50 bits per heavy atom. The fourth-order valence-electron chi connectivity index (χ4n) is 1.45. The van der Waals surface area contributed by atoms with E-state index in [2.05, 4.69) is 0 Å².